The number of halogens is 2. The predicted molar refractivity (Wildman–Crippen MR) is 104 cm³/mol. The summed E-state index contributed by atoms with van der Waals surface area (Å²) in [6, 6.07) is 14.9. The lowest BCUT2D eigenvalue weighted by Gasteiger charge is -2.22. The van der Waals surface area contributed by atoms with E-state index in [0.29, 0.717) is 10.6 Å². The highest BCUT2D eigenvalue weighted by atomic mass is 35.5. The first kappa shape index (κ1) is 18.1. The van der Waals surface area contributed by atoms with Crippen molar-refractivity contribution in [1.29, 1.82) is 0 Å². The molecule has 0 saturated heterocycles. The lowest BCUT2D eigenvalue weighted by molar-refractivity contribution is 0.108. The molecular weight excluding hydrogens is 375 g/mol. The van der Waals surface area contributed by atoms with Crippen molar-refractivity contribution in [2.45, 2.75) is 17.7 Å². The van der Waals surface area contributed by atoms with Gasteiger partial charge in [0.1, 0.15) is 5.50 Å². The van der Waals surface area contributed by atoms with Crippen LogP contribution in [0.15, 0.2) is 67.3 Å². The summed E-state index contributed by atoms with van der Waals surface area (Å²) in [6.45, 7) is 1.99. The van der Waals surface area contributed by atoms with E-state index in [1.165, 1.54) is 11.8 Å². The number of benzene rings is 2. The third-order valence-corrected chi connectivity index (χ3v) is 5.89. The number of alkyl halides is 1. The molecule has 0 spiro atoms. The molecule has 1 aromatic heterocycles. The van der Waals surface area contributed by atoms with Crippen LogP contribution in [0, 0.1) is 6.92 Å². The summed E-state index contributed by atoms with van der Waals surface area (Å²) < 4.78 is 1.79. The van der Waals surface area contributed by atoms with Crippen LogP contribution in [0.3, 0.4) is 0 Å². The molecule has 2 aromatic carbocycles. The smallest absolute Gasteiger partial charge is 0.220 e. The number of hydrogen-bond acceptors (Lipinski definition) is 3. The molecule has 2 unspecified atom stereocenters. The summed E-state index contributed by atoms with van der Waals surface area (Å²) in [5, 5.41) is 0.346. The maximum absolute atomic E-state index is 12.7. The molecule has 3 aromatic rings. The molecule has 0 aliphatic rings. The molecule has 0 saturated carbocycles. The third-order valence-electron chi connectivity index (χ3n) is 3.78. The van der Waals surface area contributed by atoms with Crippen LogP contribution in [0.5, 0.6) is 0 Å². The fraction of sp³-hybridized carbons (Fsp3) is 0.158. The summed E-state index contributed by atoms with van der Waals surface area (Å²) in [4.78, 5) is 16.8. The molecule has 3 rings (SSSR count). The van der Waals surface area contributed by atoms with Gasteiger partial charge in [0.05, 0.1) is 11.6 Å². The topological polar surface area (TPSA) is 34.9 Å². The Balaban J connectivity index is 1.89. The van der Waals surface area contributed by atoms with Gasteiger partial charge in [-0.1, -0.05) is 76.9 Å². The first-order chi connectivity index (χ1) is 12.0. The molecule has 2 atom stereocenters. The summed E-state index contributed by atoms with van der Waals surface area (Å²) in [7, 11) is 0. The van der Waals surface area contributed by atoms with Crippen LogP contribution >= 0.6 is 35.0 Å². The highest BCUT2D eigenvalue weighted by Gasteiger charge is 2.26. The van der Waals surface area contributed by atoms with Crippen LogP contribution in [0.4, 0.5) is 0 Å². The zero-order valence-corrected chi connectivity index (χ0v) is 15.8. The van der Waals surface area contributed by atoms with Gasteiger partial charge in [-0.15, -0.1) is 0 Å². The second kappa shape index (κ2) is 8.09. The number of aryl methyl sites for hydroxylation is 1. The lowest BCUT2D eigenvalue weighted by Crippen LogP contribution is -2.11. The Morgan fingerprint density at radius 1 is 1.12 bits per heavy atom. The van der Waals surface area contributed by atoms with Gasteiger partial charge in [0.15, 0.2) is 0 Å². The van der Waals surface area contributed by atoms with Crippen molar-refractivity contribution in [3.8, 4) is 0 Å². The van der Waals surface area contributed by atoms with Crippen LogP contribution in [0.2, 0.25) is 5.02 Å². The van der Waals surface area contributed by atoms with E-state index < -0.39 is 5.50 Å². The van der Waals surface area contributed by atoms with Gasteiger partial charge in [0, 0.05) is 23.0 Å². The van der Waals surface area contributed by atoms with E-state index in [1.54, 1.807) is 35.4 Å². The molecule has 0 aliphatic carbocycles. The maximum Gasteiger partial charge on any atom is 0.220 e. The number of hydrogen-bond donors (Lipinski definition) is 0. The lowest BCUT2D eigenvalue weighted by atomic mass is 10.1. The summed E-state index contributed by atoms with van der Waals surface area (Å²) >= 11 is 13.9. The monoisotopic (exact) mass is 390 g/mol. The van der Waals surface area contributed by atoms with Gasteiger partial charge in [-0.25, -0.2) is 4.98 Å². The highest BCUT2D eigenvalue weighted by Crippen LogP contribution is 2.42. The third kappa shape index (κ3) is 4.46. The standard InChI is InChI=1S/C19H16Cl2N2OS/c1-13-2-4-15(5-3-13)19(24)25-17(14-6-8-16(20)9-7-14)18(21)23-11-10-22-12-23/h2-12,17-18H,1H3. The number of nitrogens with zero attached hydrogens (tertiary/aromatic N) is 2. The number of imidazole rings is 1. The predicted octanol–water partition coefficient (Wildman–Crippen LogP) is 5.90. The maximum atomic E-state index is 12.7. The van der Waals surface area contributed by atoms with E-state index in [4.69, 9.17) is 23.2 Å². The van der Waals surface area contributed by atoms with Gasteiger partial charge in [-0.2, -0.15) is 0 Å². The molecule has 25 heavy (non-hydrogen) atoms. The molecule has 6 heteroatoms. The SMILES string of the molecule is Cc1ccc(C(=O)SC(c2ccc(Cl)cc2)C(Cl)n2ccnc2)cc1. The molecule has 128 valence electrons. The molecule has 3 nitrogen and oxygen atoms in total. The van der Waals surface area contributed by atoms with Crippen LogP contribution in [0.1, 0.15) is 32.2 Å². The fourth-order valence-electron chi connectivity index (χ4n) is 2.38. The van der Waals surface area contributed by atoms with E-state index >= 15 is 0 Å². The van der Waals surface area contributed by atoms with Gasteiger partial charge in [0.2, 0.25) is 5.12 Å². The number of carbonyl (C=O) groups excluding carboxylic acids is 1. The summed E-state index contributed by atoms with van der Waals surface area (Å²) in [5.74, 6) is 0. The molecule has 0 radical (unpaired) electrons. The van der Waals surface area contributed by atoms with Crippen molar-refractivity contribution in [3.05, 3.63) is 89.0 Å². The van der Waals surface area contributed by atoms with Crippen LogP contribution in [-0.2, 0) is 0 Å². The van der Waals surface area contributed by atoms with Crippen molar-refractivity contribution >= 4 is 40.1 Å². The molecule has 0 N–H and O–H groups in total. The number of rotatable bonds is 5. The highest BCUT2D eigenvalue weighted by molar-refractivity contribution is 8.14. The second-order valence-electron chi connectivity index (χ2n) is 5.63. The van der Waals surface area contributed by atoms with Crippen molar-refractivity contribution in [1.82, 2.24) is 9.55 Å². The zero-order chi connectivity index (χ0) is 17.8. The number of aromatic nitrogens is 2. The Kier molecular flexibility index (Phi) is 5.84. The van der Waals surface area contributed by atoms with Gasteiger partial charge in [-0.05, 0) is 24.6 Å². The minimum atomic E-state index is -0.455. The van der Waals surface area contributed by atoms with E-state index in [0.717, 1.165) is 11.1 Å². The van der Waals surface area contributed by atoms with Crippen molar-refractivity contribution < 1.29 is 4.79 Å². The van der Waals surface area contributed by atoms with E-state index in [2.05, 4.69) is 4.98 Å². The van der Waals surface area contributed by atoms with Gasteiger partial charge in [-0.3, -0.25) is 4.79 Å². The molecule has 0 fully saturated rings. The zero-order valence-electron chi connectivity index (χ0n) is 13.5. The van der Waals surface area contributed by atoms with Crippen molar-refractivity contribution in [2.75, 3.05) is 0 Å². The van der Waals surface area contributed by atoms with Crippen LogP contribution in [-0.4, -0.2) is 14.7 Å². The van der Waals surface area contributed by atoms with E-state index in [-0.39, 0.29) is 10.4 Å². The second-order valence-corrected chi connectivity index (χ2v) is 7.62. The Morgan fingerprint density at radius 3 is 2.40 bits per heavy atom. The van der Waals surface area contributed by atoms with Gasteiger partial charge >= 0.3 is 0 Å². The first-order valence-corrected chi connectivity index (χ1v) is 9.38. The summed E-state index contributed by atoms with van der Waals surface area (Å²) in [5.41, 5.74) is 2.25. The fourth-order valence-corrected chi connectivity index (χ4v) is 3.97. The van der Waals surface area contributed by atoms with Crippen molar-refractivity contribution in [3.63, 3.8) is 0 Å². The Morgan fingerprint density at radius 2 is 1.80 bits per heavy atom. The number of carbonyl (C=O) groups is 1. The summed E-state index contributed by atoms with van der Waals surface area (Å²) in [6.07, 6.45) is 5.11. The molecule has 1 heterocycles. The Labute approximate surface area is 161 Å². The number of thioether (sulfide) groups is 1. The van der Waals surface area contributed by atoms with E-state index in [1.807, 2.05) is 43.3 Å². The normalized spacial score (nSPS) is 13.4. The minimum absolute atomic E-state index is 0.0225. The van der Waals surface area contributed by atoms with Gasteiger partial charge in [0.25, 0.3) is 0 Å². The Hall–Kier alpha value is -1.75. The van der Waals surface area contributed by atoms with Crippen molar-refractivity contribution in [2.24, 2.45) is 0 Å². The largest absolute Gasteiger partial charge is 0.319 e. The van der Waals surface area contributed by atoms with E-state index in [9.17, 15) is 4.79 Å². The molecular formula is C19H16Cl2N2OS. The average molecular weight is 391 g/mol. The van der Waals surface area contributed by atoms with Gasteiger partial charge < -0.3 is 4.57 Å². The Bertz CT molecular complexity index is 833. The molecule has 0 amide bonds. The first-order valence-electron chi connectivity index (χ1n) is 7.69. The van der Waals surface area contributed by atoms with Crippen LogP contribution < -0.4 is 0 Å². The van der Waals surface area contributed by atoms with Crippen LogP contribution in [0.25, 0.3) is 0 Å². The molecule has 0 aliphatic heterocycles. The quantitative estimate of drug-likeness (QED) is 0.508. The molecule has 0 bridgehead atoms. The minimum Gasteiger partial charge on any atom is -0.319 e. The average Bonchev–Trinajstić information content (AvgIpc) is 3.15.